The monoisotopic (exact) mass is 256 g/mol. The number of nitrogens with zero attached hydrogens (tertiary/aromatic N) is 1. The molecule has 3 heterocycles. The lowest BCUT2D eigenvalue weighted by molar-refractivity contribution is 0.0195. The smallest absolute Gasteiger partial charge is 0.0223 e. The molecule has 3 saturated heterocycles. The lowest BCUT2D eigenvalue weighted by atomic mass is 9.75. The average Bonchev–Trinajstić information content (AvgIpc) is 2.49. The molecule has 102 valence electrons. The van der Waals surface area contributed by atoms with Gasteiger partial charge < -0.3 is 5.32 Å². The van der Waals surface area contributed by atoms with Crippen molar-refractivity contribution in [3.05, 3.63) is 48.6 Å². The molecule has 1 aromatic rings. The van der Waals surface area contributed by atoms with E-state index in [1.54, 1.807) is 0 Å². The summed E-state index contributed by atoms with van der Waals surface area (Å²) < 4.78 is 0. The summed E-state index contributed by atoms with van der Waals surface area (Å²) in [5.74, 6) is 1.62. The van der Waals surface area contributed by atoms with E-state index in [1.807, 2.05) is 0 Å². The number of rotatable bonds is 5. The maximum absolute atomic E-state index is 3.99. The van der Waals surface area contributed by atoms with Crippen molar-refractivity contribution >= 4 is 0 Å². The molecule has 2 bridgehead atoms. The minimum absolute atomic E-state index is 0.735. The summed E-state index contributed by atoms with van der Waals surface area (Å²) in [6.07, 6.45) is 4.88. The van der Waals surface area contributed by atoms with E-state index in [9.17, 15) is 0 Å². The van der Waals surface area contributed by atoms with Crippen LogP contribution >= 0.6 is 0 Å². The highest BCUT2D eigenvalue weighted by Gasteiger charge is 2.38. The van der Waals surface area contributed by atoms with Crippen LogP contribution in [0.1, 0.15) is 18.4 Å². The third-order valence-corrected chi connectivity index (χ3v) is 4.78. The third kappa shape index (κ3) is 2.90. The minimum Gasteiger partial charge on any atom is -0.311 e. The largest absolute Gasteiger partial charge is 0.311 e. The zero-order valence-electron chi connectivity index (χ0n) is 11.6. The second-order valence-corrected chi connectivity index (χ2v) is 5.95. The van der Waals surface area contributed by atoms with Crippen LogP contribution in [0.3, 0.4) is 0 Å². The molecule has 0 radical (unpaired) electrons. The molecule has 1 N–H and O–H groups in total. The minimum atomic E-state index is 0.735. The summed E-state index contributed by atoms with van der Waals surface area (Å²) in [7, 11) is 0. The van der Waals surface area contributed by atoms with Crippen LogP contribution in [0.2, 0.25) is 0 Å². The number of hydrogen-bond acceptors (Lipinski definition) is 2. The molecule has 3 aliphatic rings. The van der Waals surface area contributed by atoms with Crippen LogP contribution in [0.25, 0.3) is 0 Å². The Morgan fingerprint density at radius 1 is 1.32 bits per heavy atom. The Kier molecular flexibility index (Phi) is 4.00. The predicted molar refractivity (Wildman–Crippen MR) is 79.9 cm³/mol. The topological polar surface area (TPSA) is 15.3 Å². The van der Waals surface area contributed by atoms with E-state index in [-0.39, 0.29) is 0 Å². The molecule has 0 aliphatic carbocycles. The summed E-state index contributed by atoms with van der Waals surface area (Å²) in [6, 6.07) is 11.4. The fraction of sp³-hybridized carbons (Fsp3) is 0.529. The lowest BCUT2D eigenvalue weighted by Crippen LogP contribution is -2.55. The Bertz CT molecular complexity index is 415. The van der Waals surface area contributed by atoms with Crippen molar-refractivity contribution in [2.24, 2.45) is 11.8 Å². The first-order valence-electron chi connectivity index (χ1n) is 7.48. The molecular formula is C17H24N2. The molecule has 1 aromatic carbocycles. The molecule has 2 heteroatoms. The van der Waals surface area contributed by atoms with Gasteiger partial charge in [-0.3, -0.25) is 4.90 Å². The lowest BCUT2D eigenvalue weighted by Gasteiger charge is -2.49. The van der Waals surface area contributed by atoms with Crippen LogP contribution in [-0.2, 0) is 6.54 Å². The van der Waals surface area contributed by atoms with Crippen molar-refractivity contribution in [2.45, 2.75) is 25.4 Å². The first-order chi connectivity index (χ1) is 9.36. The van der Waals surface area contributed by atoms with E-state index in [0.717, 1.165) is 31.0 Å². The van der Waals surface area contributed by atoms with E-state index in [0.29, 0.717) is 0 Å². The summed E-state index contributed by atoms with van der Waals surface area (Å²) in [4.78, 5) is 2.66. The van der Waals surface area contributed by atoms with Gasteiger partial charge in [0.25, 0.3) is 0 Å². The van der Waals surface area contributed by atoms with E-state index >= 15 is 0 Å². The summed E-state index contributed by atoms with van der Waals surface area (Å²) in [5, 5.41) is 3.62. The number of nitrogens with one attached hydrogen (secondary N) is 1. The first kappa shape index (κ1) is 12.9. The highest BCUT2D eigenvalue weighted by molar-refractivity contribution is 5.14. The molecule has 0 aromatic heterocycles. The number of hydrogen-bond donors (Lipinski definition) is 1. The zero-order valence-corrected chi connectivity index (χ0v) is 11.6. The molecule has 2 nitrogen and oxygen atoms in total. The maximum Gasteiger partial charge on any atom is 0.0223 e. The van der Waals surface area contributed by atoms with Gasteiger partial charge in [0.2, 0.25) is 0 Å². The molecule has 4 rings (SSSR count). The first-order valence-corrected chi connectivity index (χ1v) is 7.48. The van der Waals surface area contributed by atoms with Gasteiger partial charge >= 0.3 is 0 Å². The molecule has 4 unspecified atom stereocenters. The molecule has 4 atom stereocenters. The van der Waals surface area contributed by atoms with Gasteiger partial charge in [-0.25, -0.2) is 0 Å². The Morgan fingerprint density at radius 3 is 2.84 bits per heavy atom. The highest BCUT2D eigenvalue weighted by atomic mass is 15.2. The predicted octanol–water partition coefficient (Wildman–Crippen LogP) is 2.67. The molecule has 3 aliphatic heterocycles. The van der Waals surface area contributed by atoms with Gasteiger partial charge in [0.15, 0.2) is 0 Å². The van der Waals surface area contributed by atoms with Gasteiger partial charge in [-0.05, 0) is 36.8 Å². The van der Waals surface area contributed by atoms with Gasteiger partial charge in [-0.2, -0.15) is 0 Å². The molecule has 19 heavy (non-hydrogen) atoms. The van der Waals surface area contributed by atoms with E-state index in [1.165, 1.54) is 31.5 Å². The van der Waals surface area contributed by atoms with Crippen molar-refractivity contribution in [1.29, 1.82) is 0 Å². The van der Waals surface area contributed by atoms with Gasteiger partial charge in [0.1, 0.15) is 0 Å². The Morgan fingerprint density at radius 2 is 2.16 bits per heavy atom. The normalized spacial score (nSPS) is 33.3. The highest BCUT2D eigenvalue weighted by Crippen LogP contribution is 2.36. The van der Waals surface area contributed by atoms with Gasteiger partial charge in [-0.15, -0.1) is 6.58 Å². The van der Waals surface area contributed by atoms with Crippen LogP contribution in [0.15, 0.2) is 43.0 Å². The van der Waals surface area contributed by atoms with Crippen molar-refractivity contribution in [1.82, 2.24) is 10.2 Å². The Hall–Kier alpha value is -1.12. The van der Waals surface area contributed by atoms with Crippen molar-refractivity contribution < 1.29 is 0 Å². The molecular weight excluding hydrogens is 232 g/mol. The molecule has 0 amide bonds. The molecule has 0 spiro atoms. The van der Waals surface area contributed by atoms with Gasteiger partial charge in [-0.1, -0.05) is 36.4 Å². The second kappa shape index (κ2) is 5.89. The summed E-state index contributed by atoms with van der Waals surface area (Å²) in [6.45, 7) is 8.61. The van der Waals surface area contributed by atoms with Crippen molar-refractivity contribution in [2.75, 3.05) is 19.6 Å². The Labute approximate surface area is 116 Å². The van der Waals surface area contributed by atoms with Crippen molar-refractivity contribution in [3.8, 4) is 0 Å². The quantitative estimate of drug-likeness (QED) is 0.815. The van der Waals surface area contributed by atoms with Crippen LogP contribution in [0.5, 0.6) is 0 Å². The number of fused-ring (bicyclic) bond motifs is 3. The third-order valence-electron chi connectivity index (χ3n) is 4.78. The fourth-order valence-corrected chi connectivity index (χ4v) is 3.64. The summed E-state index contributed by atoms with van der Waals surface area (Å²) in [5.41, 5.74) is 1.38. The van der Waals surface area contributed by atoms with Crippen molar-refractivity contribution in [3.63, 3.8) is 0 Å². The van der Waals surface area contributed by atoms with E-state index in [4.69, 9.17) is 0 Å². The average molecular weight is 256 g/mol. The Balaban J connectivity index is 1.48. The standard InChI is InChI=1S/C17H24N2/c1-2-15-13-19-9-8-16(15)10-17(19)12-18-11-14-6-4-3-5-7-14/h2-7,15-18H,1,8-13H2. The molecule has 3 fully saturated rings. The van der Waals surface area contributed by atoms with Crippen LogP contribution in [-0.4, -0.2) is 30.6 Å². The van der Waals surface area contributed by atoms with Crippen LogP contribution < -0.4 is 5.32 Å². The van der Waals surface area contributed by atoms with Gasteiger partial charge in [0.05, 0.1) is 0 Å². The zero-order chi connectivity index (χ0) is 13.1. The second-order valence-electron chi connectivity index (χ2n) is 5.95. The maximum atomic E-state index is 3.99. The molecule has 0 saturated carbocycles. The number of benzene rings is 1. The SMILES string of the molecule is C=CC1CN2CCC1CC2CNCc1ccccc1. The van der Waals surface area contributed by atoms with Crippen LogP contribution in [0, 0.1) is 11.8 Å². The summed E-state index contributed by atoms with van der Waals surface area (Å²) >= 11 is 0. The van der Waals surface area contributed by atoms with Gasteiger partial charge in [0, 0.05) is 25.7 Å². The van der Waals surface area contributed by atoms with E-state index in [2.05, 4.69) is 53.2 Å². The number of piperidine rings is 3. The van der Waals surface area contributed by atoms with Crippen LogP contribution in [0.4, 0.5) is 0 Å². The fourth-order valence-electron chi connectivity index (χ4n) is 3.64. The van der Waals surface area contributed by atoms with E-state index < -0.39 is 0 Å².